The van der Waals surface area contributed by atoms with Gasteiger partial charge in [0.05, 0.1) is 11.1 Å². The molecule has 80 valence electrons. The molecule has 0 aromatic carbocycles. The van der Waals surface area contributed by atoms with E-state index in [2.05, 4.69) is 15.1 Å². The van der Waals surface area contributed by atoms with E-state index < -0.39 is 0 Å². The van der Waals surface area contributed by atoms with Crippen LogP contribution in [0.25, 0.3) is 16.0 Å². The van der Waals surface area contributed by atoms with Crippen LogP contribution in [0.15, 0.2) is 23.8 Å². The zero-order valence-electron chi connectivity index (χ0n) is 9.01. The molecule has 0 aliphatic heterocycles. The normalized spacial score (nSPS) is 11.1. The predicted molar refractivity (Wildman–Crippen MR) is 64.0 cm³/mol. The average Bonchev–Trinajstić information content (AvgIpc) is 2.84. The first-order valence-corrected chi connectivity index (χ1v) is 5.85. The van der Waals surface area contributed by atoms with Crippen molar-refractivity contribution in [1.82, 2.24) is 19.7 Å². The van der Waals surface area contributed by atoms with Crippen molar-refractivity contribution in [3.8, 4) is 5.82 Å². The van der Waals surface area contributed by atoms with Gasteiger partial charge in [-0.1, -0.05) is 0 Å². The van der Waals surface area contributed by atoms with E-state index >= 15 is 0 Å². The van der Waals surface area contributed by atoms with Gasteiger partial charge in [-0.3, -0.25) is 0 Å². The summed E-state index contributed by atoms with van der Waals surface area (Å²) in [6.45, 7) is 4.01. The molecule has 3 heterocycles. The van der Waals surface area contributed by atoms with E-state index in [0.717, 1.165) is 27.4 Å². The Kier molecular flexibility index (Phi) is 2.00. The third kappa shape index (κ3) is 1.32. The van der Waals surface area contributed by atoms with E-state index in [1.165, 1.54) is 0 Å². The summed E-state index contributed by atoms with van der Waals surface area (Å²) in [5.41, 5.74) is 2.09. The lowest BCUT2D eigenvalue weighted by Gasteiger charge is -2.03. The fraction of sp³-hybridized carbons (Fsp3) is 0.182. The minimum atomic E-state index is 0.858. The number of aryl methyl sites for hydroxylation is 2. The van der Waals surface area contributed by atoms with E-state index in [1.54, 1.807) is 17.7 Å². The molecule has 0 amide bonds. The van der Waals surface area contributed by atoms with Crippen molar-refractivity contribution in [3.63, 3.8) is 0 Å². The highest BCUT2D eigenvalue weighted by Crippen LogP contribution is 2.23. The van der Waals surface area contributed by atoms with E-state index in [9.17, 15) is 0 Å². The second-order valence-corrected chi connectivity index (χ2v) is 4.57. The van der Waals surface area contributed by atoms with Crippen LogP contribution in [0.1, 0.15) is 11.4 Å². The van der Waals surface area contributed by atoms with Crippen LogP contribution >= 0.6 is 11.3 Å². The number of aromatic nitrogens is 4. The van der Waals surface area contributed by atoms with Crippen LogP contribution in [-0.2, 0) is 0 Å². The van der Waals surface area contributed by atoms with Gasteiger partial charge in [-0.25, -0.2) is 14.6 Å². The summed E-state index contributed by atoms with van der Waals surface area (Å²) >= 11 is 1.62. The van der Waals surface area contributed by atoms with Crippen molar-refractivity contribution in [3.05, 3.63) is 35.2 Å². The summed E-state index contributed by atoms with van der Waals surface area (Å²) in [5, 5.41) is 7.52. The Hall–Kier alpha value is -1.75. The predicted octanol–water partition coefficient (Wildman–Crippen LogP) is 2.49. The summed E-state index contributed by atoms with van der Waals surface area (Å²) in [4.78, 5) is 9.55. The Morgan fingerprint density at radius 2 is 2.12 bits per heavy atom. The maximum atomic E-state index is 4.44. The molecule has 0 unspecified atom stereocenters. The molecular weight excluding hydrogens is 220 g/mol. The molecule has 0 spiro atoms. The van der Waals surface area contributed by atoms with Crippen LogP contribution < -0.4 is 0 Å². The van der Waals surface area contributed by atoms with Crippen LogP contribution in [0.2, 0.25) is 0 Å². The Balaban J connectivity index is 2.33. The van der Waals surface area contributed by atoms with E-state index in [0.29, 0.717) is 0 Å². The topological polar surface area (TPSA) is 43.6 Å². The maximum Gasteiger partial charge on any atom is 0.165 e. The highest BCUT2D eigenvalue weighted by Gasteiger charge is 2.10. The zero-order valence-corrected chi connectivity index (χ0v) is 9.82. The fourth-order valence-electron chi connectivity index (χ4n) is 1.79. The Labute approximate surface area is 96.6 Å². The summed E-state index contributed by atoms with van der Waals surface area (Å²) < 4.78 is 1.87. The molecule has 0 radical (unpaired) electrons. The summed E-state index contributed by atoms with van der Waals surface area (Å²) in [6.07, 6.45) is 1.59. The highest BCUT2D eigenvalue weighted by molar-refractivity contribution is 7.16. The fourth-order valence-corrected chi connectivity index (χ4v) is 2.52. The lowest BCUT2D eigenvalue weighted by Crippen LogP contribution is -2.02. The standard InChI is InChI=1S/C11H10N4S/c1-7-5-8(2)15(14-7)10-9-3-4-16-11(9)13-6-12-10/h3-6H,1-2H3. The van der Waals surface area contributed by atoms with Gasteiger partial charge in [-0.05, 0) is 31.4 Å². The molecule has 0 atom stereocenters. The summed E-state index contributed by atoms with van der Waals surface area (Å²) in [5.74, 6) is 0.858. The molecule has 3 rings (SSSR count). The first-order chi connectivity index (χ1) is 7.75. The highest BCUT2D eigenvalue weighted by atomic mass is 32.1. The average molecular weight is 230 g/mol. The van der Waals surface area contributed by atoms with Crippen molar-refractivity contribution in [1.29, 1.82) is 0 Å². The van der Waals surface area contributed by atoms with Gasteiger partial charge in [-0.15, -0.1) is 11.3 Å². The van der Waals surface area contributed by atoms with Crippen LogP contribution in [0.5, 0.6) is 0 Å². The second kappa shape index (κ2) is 3.38. The third-order valence-electron chi connectivity index (χ3n) is 2.45. The van der Waals surface area contributed by atoms with Gasteiger partial charge in [0.25, 0.3) is 0 Å². The molecular formula is C11H10N4S. The molecule has 0 N–H and O–H groups in total. The van der Waals surface area contributed by atoms with Gasteiger partial charge < -0.3 is 0 Å². The summed E-state index contributed by atoms with van der Waals surface area (Å²) in [6, 6.07) is 4.08. The molecule has 3 aromatic heterocycles. The number of fused-ring (bicyclic) bond motifs is 1. The molecule has 16 heavy (non-hydrogen) atoms. The van der Waals surface area contributed by atoms with Gasteiger partial charge in [0.2, 0.25) is 0 Å². The number of hydrogen-bond acceptors (Lipinski definition) is 4. The van der Waals surface area contributed by atoms with Gasteiger partial charge in [-0.2, -0.15) is 5.10 Å². The number of hydrogen-bond donors (Lipinski definition) is 0. The lowest BCUT2D eigenvalue weighted by atomic mass is 10.3. The second-order valence-electron chi connectivity index (χ2n) is 3.68. The molecule has 5 heteroatoms. The molecule has 0 aliphatic carbocycles. The quantitative estimate of drug-likeness (QED) is 0.645. The van der Waals surface area contributed by atoms with Gasteiger partial charge in [0, 0.05) is 5.69 Å². The van der Waals surface area contributed by atoms with Crippen LogP contribution in [0.4, 0.5) is 0 Å². The number of thiophene rings is 1. The van der Waals surface area contributed by atoms with Gasteiger partial charge in [0.15, 0.2) is 5.82 Å². The molecule has 3 aromatic rings. The smallest absolute Gasteiger partial charge is 0.165 e. The SMILES string of the molecule is Cc1cc(C)n(-c2ncnc3sccc23)n1. The largest absolute Gasteiger partial charge is 0.225 e. The van der Waals surface area contributed by atoms with Gasteiger partial charge >= 0.3 is 0 Å². The minimum Gasteiger partial charge on any atom is -0.225 e. The molecule has 0 saturated heterocycles. The van der Waals surface area contributed by atoms with E-state index in [4.69, 9.17) is 0 Å². The van der Waals surface area contributed by atoms with Gasteiger partial charge in [0.1, 0.15) is 11.2 Å². The summed E-state index contributed by atoms with van der Waals surface area (Å²) in [7, 11) is 0. The van der Waals surface area contributed by atoms with Crippen LogP contribution in [0, 0.1) is 13.8 Å². The molecule has 0 aliphatic rings. The van der Waals surface area contributed by atoms with Crippen molar-refractivity contribution in [2.24, 2.45) is 0 Å². The third-order valence-corrected chi connectivity index (χ3v) is 3.27. The minimum absolute atomic E-state index is 0.858. The number of nitrogens with zero attached hydrogens (tertiary/aromatic N) is 4. The molecule has 0 bridgehead atoms. The Morgan fingerprint density at radius 1 is 1.25 bits per heavy atom. The van der Waals surface area contributed by atoms with E-state index in [1.807, 2.05) is 36.0 Å². The first kappa shape index (κ1) is 9.47. The number of rotatable bonds is 1. The molecule has 0 fully saturated rings. The lowest BCUT2D eigenvalue weighted by molar-refractivity contribution is 0.810. The van der Waals surface area contributed by atoms with Crippen molar-refractivity contribution >= 4 is 21.6 Å². The molecule has 4 nitrogen and oxygen atoms in total. The van der Waals surface area contributed by atoms with E-state index in [-0.39, 0.29) is 0 Å². The maximum absolute atomic E-state index is 4.44. The zero-order chi connectivity index (χ0) is 11.1. The monoisotopic (exact) mass is 230 g/mol. The Bertz CT molecular complexity index is 653. The Morgan fingerprint density at radius 3 is 2.88 bits per heavy atom. The van der Waals surface area contributed by atoms with Crippen molar-refractivity contribution in [2.75, 3.05) is 0 Å². The molecule has 0 saturated carbocycles. The van der Waals surface area contributed by atoms with Crippen LogP contribution in [-0.4, -0.2) is 19.7 Å². The first-order valence-electron chi connectivity index (χ1n) is 4.97. The van der Waals surface area contributed by atoms with Crippen molar-refractivity contribution < 1.29 is 0 Å². The van der Waals surface area contributed by atoms with Crippen LogP contribution in [0.3, 0.4) is 0 Å². The van der Waals surface area contributed by atoms with Crippen molar-refractivity contribution in [2.45, 2.75) is 13.8 Å².